The summed E-state index contributed by atoms with van der Waals surface area (Å²) >= 11 is 5.52. The summed E-state index contributed by atoms with van der Waals surface area (Å²) in [5.41, 5.74) is -1.34. The van der Waals surface area contributed by atoms with E-state index >= 15 is 0 Å². The molecule has 0 bridgehead atoms. The van der Waals surface area contributed by atoms with E-state index in [0.717, 1.165) is 6.07 Å². The highest BCUT2D eigenvalue weighted by Crippen LogP contribution is 2.27. The lowest BCUT2D eigenvalue weighted by atomic mass is 10.3. The van der Waals surface area contributed by atoms with Crippen LogP contribution in [0.25, 0.3) is 5.69 Å². The van der Waals surface area contributed by atoms with Crippen LogP contribution in [0.5, 0.6) is 0 Å². The molecule has 0 aliphatic heterocycles. The van der Waals surface area contributed by atoms with E-state index in [9.17, 15) is 17.6 Å². The lowest BCUT2D eigenvalue weighted by Gasteiger charge is -2.02. The zero-order valence-electron chi connectivity index (χ0n) is 8.04. The molecule has 3 nitrogen and oxygen atoms in total. The second-order valence-corrected chi connectivity index (χ2v) is 3.58. The first-order chi connectivity index (χ1) is 7.88. The number of nitrogens with zero attached hydrogens (tertiary/aromatic N) is 3. The predicted molar refractivity (Wildman–Crippen MR) is 51.3 cm³/mol. The van der Waals surface area contributed by atoms with Crippen molar-refractivity contribution in [1.29, 1.82) is 0 Å². The lowest BCUT2D eigenvalue weighted by molar-refractivity contribution is -0.141. The van der Waals surface area contributed by atoms with Crippen LogP contribution < -0.4 is 0 Å². The molecule has 90 valence electrons. The predicted octanol–water partition coefficient (Wildman–Crippen LogP) is 3.08. The van der Waals surface area contributed by atoms with Gasteiger partial charge in [-0.2, -0.15) is 13.2 Å². The zero-order chi connectivity index (χ0) is 12.6. The van der Waals surface area contributed by atoms with Crippen molar-refractivity contribution >= 4 is 11.6 Å². The molecule has 0 atom stereocenters. The minimum atomic E-state index is -4.61. The summed E-state index contributed by atoms with van der Waals surface area (Å²) in [6, 6.07) is 3.53. The fraction of sp³-hybridized carbons (Fsp3) is 0.111. The fourth-order valence-corrected chi connectivity index (χ4v) is 1.34. The molecular weight excluding hydrogens is 262 g/mol. The third-order valence-corrected chi connectivity index (χ3v) is 2.18. The second kappa shape index (κ2) is 3.99. The van der Waals surface area contributed by atoms with E-state index < -0.39 is 17.7 Å². The summed E-state index contributed by atoms with van der Waals surface area (Å²) in [4.78, 5) is 0. The molecule has 0 N–H and O–H groups in total. The van der Waals surface area contributed by atoms with Gasteiger partial charge in [0.2, 0.25) is 0 Å². The van der Waals surface area contributed by atoms with Gasteiger partial charge in [-0.1, -0.05) is 16.8 Å². The first-order valence-corrected chi connectivity index (χ1v) is 4.70. The minimum Gasteiger partial charge on any atom is -0.217 e. The highest BCUT2D eigenvalue weighted by atomic mass is 35.5. The molecule has 0 fully saturated rings. The maximum absolute atomic E-state index is 13.4. The lowest BCUT2D eigenvalue weighted by Crippen LogP contribution is -2.05. The van der Waals surface area contributed by atoms with Crippen LogP contribution >= 0.6 is 11.6 Å². The first-order valence-electron chi connectivity index (χ1n) is 4.33. The molecule has 0 radical (unpaired) electrons. The standard InChI is InChI=1S/C9H4ClF4N3/c10-5-1-2-7(6(11)3-5)17-4-8(15-16-17)9(12,13)14/h1-4H. The van der Waals surface area contributed by atoms with Crippen molar-refractivity contribution in [2.75, 3.05) is 0 Å². The number of benzene rings is 1. The molecule has 0 aliphatic rings. The fourth-order valence-electron chi connectivity index (χ4n) is 1.18. The topological polar surface area (TPSA) is 30.7 Å². The molecule has 1 heterocycles. The minimum absolute atomic E-state index is 0.141. The van der Waals surface area contributed by atoms with Crippen LogP contribution in [0.3, 0.4) is 0 Å². The molecule has 17 heavy (non-hydrogen) atoms. The molecule has 1 aromatic heterocycles. The van der Waals surface area contributed by atoms with Gasteiger partial charge in [0.1, 0.15) is 11.5 Å². The van der Waals surface area contributed by atoms with Gasteiger partial charge in [-0.25, -0.2) is 9.07 Å². The normalized spacial score (nSPS) is 11.8. The summed E-state index contributed by atoms with van der Waals surface area (Å²) in [5, 5.41) is 6.26. The highest BCUT2D eigenvalue weighted by Gasteiger charge is 2.34. The first kappa shape index (κ1) is 11.8. The average molecular weight is 266 g/mol. The van der Waals surface area contributed by atoms with Crippen LogP contribution in [0.4, 0.5) is 17.6 Å². The van der Waals surface area contributed by atoms with Crippen LogP contribution in [0.15, 0.2) is 24.4 Å². The quantitative estimate of drug-likeness (QED) is 0.742. The molecule has 2 rings (SSSR count). The van der Waals surface area contributed by atoms with Gasteiger partial charge in [-0.15, -0.1) is 5.10 Å². The van der Waals surface area contributed by atoms with Crippen molar-refractivity contribution in [1.82, 2.24) is 15.0 Å². The zero-order valence-corrected chi connectivity index (χ0v) is 8.80. The molecule has 2 aromatic rings. The van der Waals surface area contributed by atoms with Crippen molar-refractivity contribution in [2.24, 2.45) is 0 Å². The van der Waals surface area contributed by atoms with E-state index in [2.05, 4.69) is 10.3 Å². The Hall–Kier alpha value is -1.63. The van der Waals surface area contributed by atoms with Crippen LogP contribution in [0, 0.1) is 5.82 Å². The van der Waals surface area contributed by atoms with Crippen LogP contribution in [0.1, 0.15) is 5.69 Å². The Morgan fingerprint density at radius 1 is 1.24 bits per heavy atom. The van der Waals surface area contributed by atoms with Crippen molar-refractivity contribution in [3.05, 3.63) is 40.9 Å². The smallest absolute Gasteiger partial charge is 0.217 e. The molecule has 0 saturated carbocycles. The monoisotopic (exact) mass is 265 g/mol. The Kier molecular flexibility index (Phi) is 2.78. The van der Waals surface area contributed by atoms with Gasteiger partial charge in [0.25, 0.3) is 0 Å². The van der Waals surface area contributed by atoms with Crippen molar-refractivity contribution in [2.45, 2.75) is 6.18 Å². The van der Waals surface area contributed by atoms with Gasteiger partial charge in [0.05, 0.1) is 6.20 Å². The molecule has 0 spiro atoms. The molecule has 0 amide bonds. The molecular formula is C9H4ClF4N3. The van der Waals surface area contributed by atoms with Crippen molar-refractivity contribution in [3.8, 4) is 5.69 Å². The molecule has 1 aromatic carbocycles. The number of hydrogen-bond acceptors (Lipinski definition) is 2. The van der Waals surface area contributed by atoms with E-state index in [1.165, 1.54) is 12.1 Å². The molecule has 0 unspecified atom stereocenters. The summed E-state index contributed by atoms with van der Waals surface area (Å²) in [5.74, 6) is -0.781. The van der Waals surface area contributed by atoms with Gasteiger partial charge < -0.3 is 0 Å². The SMILES string of the molecule is Fc1cc(Cl)ccc1-n1cc(C(F)(F)F)nn1. The van der Waals surface area contributed by atoms with Gasteiger partial charge in [0, 0.05) is 5.02 Å². The highest BCUT2D eigenvalue weighted by molar-refractivity contribution is 6.30. The number of halogens is 5. The Bertz CT molecular complexity index is 549. The van der Waals surface area contributed by atoms with Gasteiger partial charge in [-0.3, -0.25) is 0 Å². The average Bonchev–Trinajstić information content (AvgIpc) is 2.65. The van der Waals surface area contributed by atoms with Crippen LogP contribution in [-0.4, -0.2) is 15.0 Å². The number of hydrogen-bond donors (Lipinski definition) is 0. The molecule has 0 saturated heterocycles. The second-order valence-electron chi connectivity index (χ2n) is 3.14. The van der Waals surface area contributed by atoms with Gasteiger partial charge >= 0.3 is 6.18 Å². The van der Waals surface area contributed by atoms with Crippen molar-refractivity contribution in [3.63, 3.8) is 0 Å². The summed E-state index contributed by atoms with van der Waals surface area (Å²) < 4.78 is 50.8. The molecule has 0 aliphatic carbocycles. The maximum Gasteiger partial charge on any atom is 0.436 e. The van der Waals surface area contributed by atoms with E-state index in [1.54, 1.807) is 0 Å². The Morgan fingerprint density at radius 3 is 2.47 bits per heavy atom. The Balaban J connectivity index is 2.44. The molecule has 8 heteroatoms. The largest absolute Gasteiger partial charge is 0.436 e. The summed E-state index contributed by atoms with van der Waals surface area (Å²) in [7, 11) is 0. The summed E-state index contributed by atoms with van der Waals surface area (Å²) in [6.07, 6.45) is -4.01. The number of aromatic nitrogens is 3. The Labute approximate surface area is 97.6 Å². The third-order valence-electron chi connectivity index (χ3n) is 1.94. The van der Waals surface area contributed by atoms with Crippen LogP contribution in [-0.2, 0) is 6.18 Å². The Morgan fingerprint density at radius 2 is 1.94 bits per heavy atom. The van der Waals surface area contributed by atoms with Gasteiger partial charge in [-0.05, 0) is 18.2 Å². The third kappa shape index (κ3) is 2.38. The maximum atomic E-state index is 13.4. The van der Waals surface area contributed by atoms with E-state index in [1.807, 2.05) is 0 Å². The van der Waals surface area contributed by atoms with Crippen molar-refractivity contribution < 1.29 is 17.6 Å². The van der Waals surface area contributed by atoms with E-state index in [0.29, 0.717) is 10.9 Å². The van der Waals surface area contributed by atoms with E-state index in [4.69, 9.17) is 11.6 Å². The number of alkyl halides is 3. The van der Waals surface area contributed by atoms with E-state index in [-0.39, 0.29) is 10.7 Å². The van der Waals surface area contributed by atoms with Gasteiger partial charge in [0.15, 0.2) is 5.69 Å². The number of rotatable bonds is 1. The summed E-state index contributed by atoms with van der Waals surface area (Å²) in [6.45, 7) is 0. The van der Waals surface area contributed by atoms with Crippen LogP contribution in [0.2, 0.25) is 5.02 Å².